The number of rotatable bonds is 31. The average molecular weight is 493 g/mol. The third kappa shape index (κ3) is 30.1. The smallest absolute Gasteiger partial charge is 0.0414 e. The van der Waals surface area contributed by atoms with Gasteiger partial charge in [0.2, 0.25) is 0 Å². The number of unbranched alkanes of at least 4 members (excludes halogenated alkanes) is 25. The van der Waals surface area contributed by atoms with E-state index in [4.69, 9.17) is 0 Å². The highest BCUT2D eigenvalue weighted by Gasteiger charge is 2.08. The molecule has 0 nitrogen and oxygen atoms in total. The predicted octanol–water partition coefficient (Wildman–Crippen LogP) is 13.8. The molecule has 0 unspecified atom stereocenters. The van der Waals surface area contributed by atoms with Gasteiger partial charge in [0, 0.05) is 0 Å². The highest BCUT2D eigenvalue weighted by atomic mass is 14.1. The van der Waals surface area contributed by atoms with Gasteiger partial charge in [-0.3, -0.25) is 0 Å². The van der Waals surface area contributed by atoms with Crippen LogP contribution in [0, 0.1) is 5.92 Å². The summed E-state index contributed by atoms with van der Waals surface area (Å²) >= 11 is 0. The van der Waals surface area contributed by atoms with E-state index in [2.05, 4.69) is 20.8 Å². The van der Waals surface area contributed by atoms with Gasteiger partial charge < -0.3 is 0 Å². The molecule has 0 fully saturated rings. The largest absolute Gasteiger partial charge is 0.0654 e. The fourth-order valence-electron chi connectivity index (χ4n) is 5.84. The van der Waals surface area contributed by atoms with Crippen molar-refractivity contribution in [1.82, 2.24) is 0 Å². The molecule has 0 spiro atoms. The molecule has 0 saturated heterocycles. The lowest BCUT2D eigenvalue weighted by Gasteiger charge is -2.17. The van der Waals surface area contributed by atoms with Crippen LogP contribution >= 0.6 is 0 Å². The van der Waals surface area contributed by atoms with Crippen LogP contribution in [0.3, 0.4) is 0 Å². The van der Waals surface area contributed by atoms with Crippen LogP contribution in [-0.2, 0) is 0 Å². The van der Waals surface area contributed by atoms with Crippen molar-refractivity contribution in [3.63, 3.8) is 0 Å². The van der Waals surface area contributed by atoms with Crippen molar-refractivity contribution in [2.24, 2.45) is 5.92 Å². The first-order valence-electron chi connectivity index (χ1n) is 17.3. The molecule has 212 valence electrons. The quantitative estimate of drug-likeness (QED) is 0.0844. The van der Waals surface area contributed by atoms with Crippen molar-refractivity contribution in [3.8, 4) is 0 Å². The minimum Gasteiger partial charge on any atom is -0.0654 e. The molecule has 0 heterocycles. The first-order valence-corrected chi connectivity index (χ1v) is 17.3. The van der Waals surface area contributed by atoms with Crippen molar-refractivity contribution in [1.29, 1.82) is 0 Å². The van der Waals surface area contributed by atoms with E-state index in [1.165, 1.54) is 199 Å². The van der Waals surface area contributed by atoms with Gasteiger partial charge in [0.15, 0.2) is 0 Å². The summed E-state index contributed by atoms with van der Waals surface area (Å²) in [6, 6.07) is 0. The molecule has 0 radical (unpaired) electrons. The highest BCUT2D eigenvalue weighted by molar-refractivity contribution is 4.62. The maximum Gasteiger partial charge on any atom is -0.0414 e. The number of hydrogen-bond acceptors (Lipinski definition) is 0. The fraction of sp³-hybridized carbons (Fsp3) is 1.00. The van der Waals surface area contributed by atoms with Gasteiger partial charge in [-0.1, -0.05) is 220 Å². The summed E-state index contributed by atoms with van der Waals surface area (Å²) < 4.78 is 0. The summed E-state index contributed by atoms with van der Waals surface area (Å²) in [4.78, 5) is 0. The van der Waals surface area contributed by atoms with Gasteiger partial charge in [-0.2, -0.15) is 0 Å². The lowest BCUT2D eigenvalue weighted by atomic mass is 9.89. The topological polar surface area (TPSA) is 0 Å². The van der Waals surface area contributed by atoms with Crippen LogP contribution in [0.25, 0.3) is 0 Å². The van der Waals surface area contributed by atoms with Gasteiger partial charge >= 0.3 is 0 Å². The van der Waals surface area contributed by atoms with Crippen LogP contribution in [0.2, 0.25) is 0 Å². The molecule has 0 aromatic rings. The molecular formula is C35H72. The van der Waals surface area contributed by atoms with E-state index in [-0.39, 0.29) is 0 Å². The third-order valence-electron chi connectivity index (χ3n) is 8.40. The molecule has 0 amide bonds. The van der Waals surface area contributed by atoms with E-state index >= 15 is 0 Å². The monoisotopic (exact) mass is 493 g/mol. The summed E-state index contributed by atoms with van der Waals surface area (Å²) in [6.45, 7) is 6.97. The summed E-state index contributed by atoms with van der Waals surface area (Å²) in [7, 11) is 0. The number of hydrogen-bond donors (Lipinski definition) is 0. The van der Waals surface area contributed by atoms with Crippen molar-refractivity contribution >= 4 is 0 Å². The summed E-state index contributed by atoms with van der Waals surface area (Å²) in [5.74, 6) is 1.04. The van der Waals surface area contributed by atoms with Crippen LogP contribution in [-0.4, -0.2) is 0 Å². The zero-order chi connectivity index (χ0) is 25.5. The Kier molecular flexibility index (Phi) is 32.0. The molecule has 0 aromatic heterocycles. The summed E-state index contributed by atoms with van der Waals surface area (Å²) in [5, 5.41) is 0. The molecule has 0 saturated carbocycles. The van der Waals surface area contributed by atoms with Crippen LogP contribution in [0.4, 0.5) is 0 Å². The second kappa shape index (κ2) is 32.0. The van der Waals surface area contributed by atoms with E-state index < -0.39 is 0 Å². The van der Waals surface area contributed by atoms with E-state index in [0.717, 1.165) is 5.92 Å². The molecule has 0 aliphatic carbocycles. The molecule has 35 heavy (non-hydrogen) atoms. The lowest BCUT2D eigenvalue weighted by Crippen LogP contribution is -2.01. The zero-order valence-electron chi connectivity index (χ0n) is 25.5. The molecule has 0 bridgehead atoms. The maximum absolute atomic E-state index is 2.33. The Morgan fingerprint density at radius 2 is 0.400 bits per heavy atom. The zero-order valence-corrected chi connectivity index (χ0v) is 25.5. The van der Waals surface area contributed by atoms with E-state index in [1.54, 1.807) is 0 Å². The van der Waals surface area contributed by atoms with Crippen molar-refractivity contribution in [2.75, 3.05) is 0 Å². The lowest BCUT2D eigenvalue weighted by molar-refractivity contribution is 0.365. The first kappa shape index (κ1) is 35.0. The van der Waals surface area contributed by atoms with Crippen LogP contribution in [0.5, 0.6) is 0 Å². The standard InChI is InChI=1S/C35H72/c1-4-7-10-13-16-17-18-19-20-21-22-23-24-25-28-31-34-35(32-29-26-14-11-8-5-2)33-30-27-15-12-9-6-3/h35H,4-34H2,1-3H3. The molecule has 0 N–H and O–H groups in total. The van der Waals surface area contributed by atoms with Crippen molar-refractivity contribution in [2.45, 2.75) is 220 Å². The van der Waals surface area contributed by atoms with E-state index in [1.807, 2.05) is 0 Å². The van der Waals surface area contributed by atoms with Crippen LogP contribution in [0.15, 0.2) is 0 Å². The molecule has 0 heteroatoms. The Balaban J connectivity index is 3.62. The van der Waals surface area contributed by atoms with Gasteiger partial charge in [0.1, 0.15) is 0 Å². The molecule has 0 atom stereocenters. The van der Waals surface area contributed by atoms with Gasteiger partial charge in [-0.05, 0) is 5.92 Å². The normalized spacial score (nSPS) is 11.7. The predicted molar refractivity (Wildman–Crippen MR) is 164 cm³/mol. The van der Waals surface area contributed by atoms with Crippen molar-refractivity contribution in [3.05, 3.63) is 0 Å². The minimum absolute atomic E-state index is 1.04. The van der Waals surface area contributed by atoms with Gasteiger partial charge in [0.05, 0.1) is 0 Å². The Hall–Kier alpha value is 0. The average Bonchev–Trinajstić information content (AvgIpc) is 2.87. The summed E-state index contributed by atoms with van der Waals surface area (Å²) in [5.41, 5.74) is 0. The summed E-state index contributed by atoms with van der Waals surface area (Å²) in [6.07, 6.45) is 45.8. The first-order chi connectivity index (χ1) is 17.3. The molecule has 0 aliphatic rings. The Morgan fingerprint density at radius 1 is 0.229 bits per heavy atom. The van der Waals surface area contributed by atoms with E-state index in [0.29, 0.717) is 0 Å². The second-order valence-corrected chi connectivity index (χ2v) is 12.1. The SMILES string of the molecule is CCCCCCCCCCCCCCCCCCC(CCCCCCCC)CCCCCCCC. The molecular weight excluding hydrogens is 420 g/mol. The van der Waals surface area contributed by atoms with Crippen molar-refractivity contribution < 1.29 is 0 Å². The van der Waals surface area contributed by atoms with Gasteiger partial charge in [-0.25, -0.2) is 0 Å². The second-order valence-electron chi connectivity index (χ2n) is 12.1. The Morgan fingerprint density at radius 3 is 0.600 bits per heavy atom. The Bertz CT molecular complexity index is 330. The van der Waals surface area contributed by atoms with E-state index in [9.17, 15) is 0 Å². The third-order valence-corrected chi connectivity index (χ3v) is 8.40. The van der Waals surface area contributed by atoms with Crippen LogP contribution < -0.4 is 0 Å². The van der Waals surface area contributed by atoms with Gasteiger partial charge in [-0.15, -0.1) is 0 Å². The minimum atomic E-state index is 1.04. The molecule has 0 aliphatic heterocycles. The Labute approximate surface area is 225 Å². The fourth-order valence-corrected chi connectivity index (χ4v) is 5.84. The molecule has 0 aromatic carbocycles. The highest BCUT2D eigenvalue weighted by Crippen LogP contribution is 2.25. The molecule has 0 rings (SSSR count). The maximum atomic E-state index is 2.33. The van der Waals surface area contributed by atoms with Crippen LogP contribution in [0.1, 0.15) is 220 Å². The van der Waals surface area contributed by atoms with Gasteiger partial charge in [0.25, 0.3) is 0 Å².